The molecule has 1 amide bonds. The van der Waals surface area contributed by atoms with Gasteiger partial charge in [-0.15, -0.1) is 0 Å². The molecule has 4 heterocycles. The van der Waals surface area contributed by atoms with Crippen LogP contribution in [0.5, 0.6) is 0 Å². The van der Waals surface area contributed by atoms with Gasteiger partial charge in [0.25, 0.3) is 0 Å². The fourth-order valence-corrected chi connectivity index (χ4v) is 5.18. The molecule has 6 rings (SSSR count). The molecule has 0 aliphatic heterocycles. The number of hydrogen-bond acceptors (Lipinski definition) is 5. The minimum Gasteiger partial charge on any atom is -0.440 e. The van der Waals surface area contributed by atoms with E-state index in [9.17, 15) is 4.79 Å². The van der Waals surface area contributed by atoms with E-state index in [4.69, 9.17) is 21.0 Å². The molecule has 0 bridgehead atoms. The van der Waals surface area contributed by atoms with E-state index in [0.717, 1.165) is 53.2 Å². The van der Waals surface area contributed by atoms with Gasteiger partial charge in [-0.1, -0.05) is 36.7 Å². The summed E-state index contributed by atoms with van der Waals surface area (Å²) in [4.78, 5) is 27.9. The summed E-state index contributed by atoms with van der Waals surface area (Å²) < 4.78 is 10.3. The van der Waals surface area contributed by atoms with Gasteiger partial charge in [0, 0.05) is 59.4 Å². The molecule has 6 aromatic rings. The van der Waals surface area contributed by atoms with Crippen LogP contribution in [0.15, 0.2) is 102 Å². The number of benzene rings is 2. The molecule has 0 fully saturated rings. The van der Waals surface area contributed by atoms with Crippen LogP contribution in [0.4, 0.5) is 5.88 Å². The first-order valence-corrected chi connectivity index (χ1v) is 13.5. The number of rotatable bonds is 10. The van der Waals surface area contributed by atoms with E-state index in [1.54, 1.807) is 29.7 Å². The van der Waals surface area contributed by atoms with Crippen LogP contribution in [-0.2, 0) is 17.8 Å². The lowest BCUT2D eigenvalue weighted by molar-refractivity contribution is -0.108. The van der Waals surface area contributed by atoms with Crippen molar-refractivity contribution in [1.82, 2.24) is 24.1 Å². The van der Waals surface area contributed by atoms with Crippen molar-refractivity contribution in [1.29, 1.82) is 0 Å². The Hall–Kier alpha value is -4.69. The zero-order valence-corrected chi connectivity index (χ0v) is 22.6. The first-order chi connectivity index (χ1) is 19.6. The molecule has 1 atom stereocenters. The Kier molecular flexibility index (Phi) is 7.16. The molecule has 0 saturated carbocycles. The molecule has 2 aromatic carbocycles. The lowest BCUT2D eigenvalue weighted by Gasteiger charge is -2.27. The summed E-state index contributed by atoms with van der Waals surface area (Å²) in [6.45, 7) is 2.86. The molecule has 0 saturated heterocycles. The molecule has 0 radical (unpaired) electrons. The molecular formula is C31H27ClN6O2. The van der Waals surface area contributed by atoms with Crippen LogP contribution in [0.3, 0.4) is 0 Å². The van der Waals surface area contributed by atoms with Crippen molar-refractivity contribution >= 4 is 34.9 Å². The van der Waals surface area contributed by atoms with Crippen LogP contribution in [-0.4, -0.2) is 30.5 Å². The number of carbonyl (C=O) groups excluding carboxylic acids is 1. The van der Waals surface area contributed by atoms with Crippen LogP contribution in [0.25, 0.3) is 27.9 Å². The SMILES string of the molecule is CCCn1c(-c2ccc(-n3ccnc3)cc2)cnc1C(Cc1ccccn1)N(C=O)c1cc2cc(Cl)ccc2o1. The first-order valence-electron chi connectivity index (χ1n) is 13.1. The fraction of sp³-hybridized carbons (Fsp3) is 0.161. The average molecular weight is 551 g/mol. The summed E-state index contributed by atoms with van der Waals surface area (Å²) in [5, 5.41) is 1.42. The van der Waals surface area contributed by atoms with Crippen LogP contribution in [0.2, 0.25) is 5.02 Å². The van der Waals surface area contributed by atoms with E-state index in [0.29, 0.717) is 22.9 Å². The third kappa shape index (κ3) is 5.01. The van der Waals surface area contributed by atoms with Crippen molar-refractivity contribution in [2.75, 3.05) is 4.90 Å². The molecular weight excluding hydrogens is 524 g/mol. The minimum atomic E-state index is -0.464. The molecule has 8 nitrogen and oxygen atoms in total. The van der Waals surface area contributed by atoms with Crippen molar-refractivity contribution in [3.63, 3.8) is 0 Å². The van der Waals surface area contributed by atoms with Gasteiger partial charge in [0.2, 0.25) is 12.3 Å². The molecule has 9 heteroatoms. The smallest absolute Gasteiger partial charge is 0.217 e. The van der Waals surface area contributed by atoms with Crippen molar-refractivity contribution in [3.05, 3.63) is 114 Å². The van der Waals surface area contributed by atoms with Crippen LogP contribution in [0.1, 0.15) is 30.9 Å². The maximum Gasteiger partial charge on any atom is 0.217 e. The molecule has 0 aliphatic carbocycles. The Morgan fingerprint density at radius 3 is 2.65 bits per heavy atom. The number of furan rings is 1. The highest BCUT2D eigenvalue weighted by Crippen LogP contribution is 2.35. The molecule has 0 aliphatic rings. The van der Waals surface area contributed by atoms with E-state index < -0.39 is 6.04 Å². The second-order valence-electron chi connectivity index (χ2n) is 9.49. The molecule has 4 aromatic heterocycles. The zero-order chi connectivity index (χ0) is 27.5. The van der Waals surface area contributed by atoms with E-state index in [1.165, 1.54) is 0 Å². The Bertz CT molecular complexity index is 1730. The number of anilines is 1. The van der Waals surface area contributed by atoms with E-state index in [1.807, 2.05) is 53.4 Å². The zero-order valence-electron chi connectivity index (χ0n) is 21.9. The van der Waals surface area contributed by atoms with Gasteiger partial charge in [-0.25, -0.2) is 9.97 Å². The van der Waals surface area contributed by atoms with Crippen molar-refractivity contribution < 1.29 is 9.21 Å². The van der Waals surface area contributed by atoms with Gasteiger partial charge in [0.05, 0.1) is 18.2 Å². The predicted molar refractivity (Wildman–Crippen MR) is 156 cm³/mol. The molecule has 0 spiro atoms. The van der Waals surface area contributed by atoms with Gasteiger partial charge in [-0.3, -0.25) is 14.7 Å². The monoisotopic (exact) mass is 550 g/mol. The number of carbonyl (C=O) groups is 1. The van der Waals surface area contributed by atoms with E-state index >= 15 is 0 Å². The second kappa shape index (κ2) is 11.2. The number of pyridine rings is 1. The van der Waals surface area contributed by atoms with Crippen molar-refractivity contribution in [2.45, 2.75) is 32.4 Å². The topological polar surface area (TPSA) is 82.0 Å². The number of amides is 1. The summed E-state index contributed by atoms with van der Waals surface area (Å²) in [6.07, 6.45) is 11.2. The standard InChI is InChI=1S/C31H27ClN6O2/c1-2-14-37-28(22-6-9-26(10-7-22)36-15-13-33-20-36)19-35-31(37)27(18-25-5-3-4-12-34-25)38(21-39)30-17-23-16-24(32)8-11-29(23)40-30/h3-13,15-17,19-21,27H,2,14,18H2,1H3. The van der Waals surface area contributed by atoms with E-state index in [-0.39, 0.29) is 0 Å². The van der Waals surface area contributed by atoms with E-state index in [2.05, 4.69) is 45.7 Å². The molecule has 0 N–H and O–H groups in total. The first kappa shape index (κ1) is 25.6. The quantitative estimate of drug-likeness (QED) is 0.173. The lowest BCUT2D eigenvalue weighted by atomic mass is 10.1. The van der Waals surface area contributed by atoms with Crippen LogP contribution in [0, 0.1) is 0 Å². The lowest BCUT2D eigenvalue weighted by Crippen LogP contribution is -2.31. The van der Waals surface area contributed by atoms with Gasteiger partial charge in [-0.2, -0.15) is 0 Å². The summed E-state index contributed by atoms with van der Waals surface area (Å²) in [6, 6.07) is 20.8. The third-order valence-corrected chi connectivity index (χ3v) is 7.13. The Morgan fingerprint density at radius 1 is 1.05 bits per heavy atom. The van der Waals surface area contributed by atoms with Crippen LogP contribution >= 0.6 is 11.6 Å². The number of imidazole rings is 2. The number of hydrogen-bond donors (Lipinski definition) is 0. The third-order valence-electron chi connectivity index (χ3n) is 6.90. The highest BCUT2D eigenvalue weighted by Gasteiger charge is 2.29. The van der Waals surface area contributed by atoms with Gasteiger partial charge in [0.1, 0.15) is 17.4 Å². The van der Waals surface area contributed by atoms with Gasteiger partial charge in [0.15, 0.2) is 0 Å². The predicted octanol–water partition coefficient (Wildman–Crippen LogP) is 6.89. The van der Waals surface area contributed by atoms with Crippen molar-refractivity contribution in [2.24, 2.45) is 0 Å². The summed E-state index contributed by atoms with van der Waals surface area (Å²) in [7, 11) is 0. The van der Waals surface area contributed by atoms with Gasteiger partial charge < -0.3 is 13.6 Å². The Labute approximate surface area is 236 Å². The highest BCUT2D eigenvalue weighted by molar-refractivity contribution is 6.31. The number of halogens is 1. The minimum absolute atomic E-state index is 0.422. The molecule has 40 heavy (non-hydrogen) atoms. The number of nitrogens with zero attached hydrogens (tertiary/aromatic N) is 6. The summed E-state index contributed by atoms with van der Waals surface area (Å²) >= 11 is 6.21. The largest absolute Gasteiger partial charge is 0.440 e. The van der Waals surface area contributed by atoms with Gasteiger partial charge in [-0.05, 0) is 54.4 Å². The molecule has 1 unspecified atom stereocenters. The number of aromatic nitrogens is 5. The number of fused-ring (bicyclic) bond motifs is 1. The highest BCUT2D eigenvalue weighted by atomic mass is 35.5. The van der Waals surface area contributed by atoms with Crippen LogP contribution < -0.4 is 4.90 Å². The average Bonchev–Trinajstić information content (AvgIpc) is 3.74. The van der Waals surface area contributed by atoms with Crippen molar-refractivity contribution in [3.8, 4) is 16.9 Å². The second-order valence-corrected chi connectivity index (χ2v) is 9.93. The molecule has 200 valence electrons. The maximum atomic E-state index is 12.7. The maximum absolute atomic E-state index is 12.7. The van der Waals surface area contributed by atoms with Gasteiger partial charge >= 0.3 is 0 Å². The summed E-state index contributed by atoms with van der Waals surface area (Å²) in [5.74, 6) is 1.18. The fourth-order valence-electron chi connectivity index (χ4n) is 5.00. The summed E-state index contributed by atoms with van der Waals surface area (Å²) in [5.41, 5.74) is 4.52. The Morgan fingerprint density at radius 2 is 1.93 bits per heavy atom. The Balaban J connectivity index is 1.44. The normalized spacial score (nSPS) is 12.1.